The van der Waals surface area contributed by atoms with Gasteiger partial charge in [-0.3, -0.25) is 0 Å². The Kier molecular flexibility index (Phi) is 4.28. The molecule has 1 fully saturated rings. The van der Waals surface area contributed by atoms with Crippen LogP contribution in [0.1, 0.15) is 39.2 Å². The number of rotatable bonds is 2. The van der Waals surface area contributed by atoms with Crippen molar-refractivity contribution in [3.05, 3.63) is 29.8 Å². The van der Waals surface area contributed by atoms with E-state index in [-0.39, 0.29) is 0 Å². The lowest BCUT2D eigenvalue weighted by Gasteiger charge is -2.26. The van der Waals surface area contributed by atoms with Crippen molar-refractivity contribution < 1.29 is 0 Å². The third-order valence-corrected chi connectivity index (χ3v) is 3.77. The number of anilines is 1. The van der Waals surface area contributed by atoms with Crippen LogP contribution in [-0.2, 0) is 0 Å². The van der Waals surface area contributed by atoms with E-state index in [1.165, 1.54) is 11.3 Å². The highest BCUT2D eigenvalue weighted by Crippen LogP contribution is 2.22. The van der Waals surface area contributed by atoms with Crippen LogP contribution in [0.25, 0.3) is 0 Å². The molecule has 2 heteroatoms. The summed E-state index contributed by atoms with van der Waals surface area (Å²) in [4.78, 5) is 2.51. The molecule has 100 valence electrons. The molecule has 1 aromatic carbocycles. The molecule has 0 saturated carbocycles. The minimum Gasteiger partial charge on any atom is -0.370 e. The van der Waals surface area contributed by atoms with Gasteiger partial charge in [-0.05, 0) is 43.0 Å². The lowest BCUT2D eigenvalue weighted by Crippen LogP contribution is -2.35. The molecule has 1 aromatic rings. The van der Waals surface area contributed by atoms with Crippen LogP contribution in [-0.4, -0.2) is 25.7 Å². The van der Waals surface area contributed by atoms with Crippen LogP contribution in [0.5, 0.6) is 0 Å². The average Bonchev–Trinajstić information content (AvgIpc) is 2.51. The van der Waals surface area contributed by atoms with Gasteiger partial charge in [0.1, 0.15) is 0 Å². The summed E-state index contributed by atoms with van der Waals surface area (Å²) >= 11 is 0. The van der Waals surface area contributed by atoms with Gasteiger partial charge in [-0.1, -0.05) is 32.9 Å². The Labute approximate surface area is 111 Å². The van der Waals surface area contributed by atoms with Gasteiger partial charge in [0.2, 0.25) is 0 Å². The Morgan fingerprint density at radius 2 is 1.78 bits per heavy atom. The molecular weight excluding hydrogens is 220 g/mol. The highest BCUT2D eigenvalue weighted by Gasteiger charge is 2.18. The number of hydrogen-bond donors (Lipinski definition) is 1. The molecule has 0 radical (unpaired) electrons. The molecule has 2 unspecified atom stereocenters. The molecule has 0 spiro atoms. The molecule has 1 aliphatic heterocycles. The second-order valence-corrected chi connectivity index (χ2v) is 6.07. The zero-order chi connectivity index (χ0) is 13.1. The van der Waals surface area contributed by atoms with Crippen molar-refractivity contribution >= 4 is 5.69 Å². The Hall–Kier alpha value is -1.02. The largest absolute Gasteiger partial charge is 0.370 e. The molecule has 2 nitrogen and oxygen atoms in total. The van der Waals surface area contributed by atoms with Gasteiger partial charge in [0, 0.05) is 24.8 Å². The van der Waals surface area contributed by atoms with Crippen LogP contribution in [0.15, 0.2) is 24.3 Å². The van der Waals surface area contributed by atoms with E-state index in [0.29, 0.717) is 17.9 Å². The topological polar surface area (TPSA) is 15.3 Å². The minimum atomic E-state index is 0.569. The van der Waals surface area contributed by atoms with Crippen molar-refractivity contribution in [3.63, 3.8) is 0 Å². The highest BCUT2D eigenvalue weighted by atomic mass is 15.2. The first-order valence-electron chi connectivity index (χ1n) is 7.14. The van der Waals surface area contributed by atoms with Gasteiger partial charge >= 0.3 is 0 Å². The number of nitrogens with zero attached hydrogens (tertiary/aromatic N) is 1. The predicted molar refractivity (Wildman–Crippen MR) is 79.4 cm³/mol. The second kappa shape index (κ2) is 5.75. The third kappa shape index (κ3) is 3.26. The van der Waals surface area contributed by atoms with E-state index >= 15 is 0 Å². The van der Waals surface area contributed by atoms with Gasteiger partial charge < -0.3 is 10.2 Å². The molecular formula is C16H26N2. The van der Waals surface area contributed by atoms with Crippen LogP contribution in [0.4, 0.5) is 5.69 Å². The summed E-state index contributed by atoms with van der Waals surface area (Å²) in [6.45, 7) is 12.5. The third-order valence-electron chi connectivity index (χ3n) is 3.77. The van der Waals surface area contributed by atoms with Gasteiger partial charge in [-0.2, -0.15) is 0 Å². The summed E-state index contributed by atoms with van der Waals surface area (Å²) in [5.74, 6) is 1.32. The van der Waals surface area contributed by atoms with Crippen molar-refractivity contribution in [2.75, 3.05) is 24.5 Å². The maximum atomic E-state index is 3.58. The second-order valence-electron chi connectivity index (χ2n) is 6.07. The lowest BCUT2D eigenvalue weighted by molar-refractivity contribution is 0.525. The first-order chi connectivity index (χ1) is 8.56. The summed E-state index contributed by atoms with van der Waals surface area (Å²) in [6.07, 6.45) is 0. The van der Waals surface area contributed by atoms with Gasteiger partial charge in [0.05, 0.1) is 0 Å². The molecule has 2 atom stereocenters. The van der Waals surface area contributed by atoms with E-state index < -0.39 is 0 Å². The maximum absolute atomic E-state index is 3.58. The van der Waals surface area contributed by atoms with E-state index in [1.807, 2.05) is 0 Å². The average molecular weight is 246 g/mol. The van der Waals surface area contributed by atoms with Gasteiger partial charge in [-0.15, -0.1) is 0 Å². The molecule has 1 aliphatic rings. The maximum Gasteiger partial charge on any atom is 0.0367 e. The molecule has 2 rings (SSSR count). The summed E-state index contributed by atoms with van der Waals surface area (Å²) < 4.78 is 0. The van der Waals surface area contributed by atoms with Crippen molar-refractivity contribution in [1.82, 2.24) is 5.32 Å². The fourth-order valence-electron chi connectivity index (χ4n) is 2.59. The van der Waals surface area contributed by atoms with Crippen LogP contribution in [0.3, 0.4) is 0 Å². The predicted octanol–water partition coefficient (Wildman–Crippen LogP) is 3.24. The van der Waals surface area contributed by atoms with Gasteiger partial charge in [0.25, 0.3) is 0 Å². The van der Waals surface area contributed by atoms with Crippen molar-refractivity contribution in [1.29, 1.82) is 0 Å². The quantitative estimate of drug-likeness (QED) is 0.862. The van der Waals surface area contributed by atoms with E-state index in [1.54, 1.807) is 0 Å². The molecule has 18 heavy (non-hydrogen) atoms. The normalized spacial score (nSPS) is 25.3. The number of nitrogens with one attached hydrogen (secondary N) is 1. The fourth-order valence-corrected chi connectivity index (χ4v) is 2.59. The molecule has 1 saturated heterocycles. The van der Waals surface area contributed by atoms with Crippen LogP contribution in [0, 0.1) is 5.92 Å². The van der Waals surface area contributed by atoms with E-state index in [4.69, 9.17) is 0 Å². The minimum absolute atomic E-state index is 0.569. The molecule has 0 bridgehead atoms. The van der Waals surface area contributed by atoms with Crippen LogP contribution < -0.4 is 10.2 Å². The summed E-state index contributed by atoms with van der Waals surface area (Å²) in [7, 11) is 0. The Morgan fingerprint density at radius 3 is 2.39 bits per heavy atom. The molecule has 0 aliphatic carbocycles. The smallest absolute Gasteiger partial charge is 0.0367 e. The first kappa shape index (κ1) is 13.4. The Morgan fingerprint density at radius 1 is 1.11 bits per heavy atom. The zero-order valence-corrected chi connectivity index (χ0v) is 12.1. The molecule has 0 amide bonds. The monoisotopic (exact) mass is 246 g/mol. The Bertz CT molecular complexity index is 357. The zero-order valence-electron chi connectivity index (χ0n) is 12.1. The van der Waals surface area contributed by atoms with Crippen LogP contribution >= 0.6 is 0 Å². The Balaban J connectivity index is 2.13. The van der Waals surface area contributed by atoms with E-state index in [9.17, 15) is 0 Å². The molecule has 1 N–H and O–H groups in total. The van der Waals surface area contributed by atoms with Crippen molar-refractivity contribution in [2.45, 2.75) is 39.7 Å². The fraction of sp³-hybridized carbons (Fsp3) is 0.625. The van der Waals surface area contributed by atoms with E-state index in [2.05, 4.69) is 62.2 Å². The van der Waals surface area contributed by atoms with E-state index in [0.717, 1.165) is 19.6 Å². The number of hydrogen-bond acceptors (Lipinski definition) is 2. The highest BCUT2D eigenvalue weighted by molar-refractivity contribution is 5.48. The van der Waals surface area contributed by atoms with Crippen molar-refractivity contribution in [3.8, 4) is 0 Å². The summed E-state index contributed by atoms with van der Waals surface area (Å²) in [6, 6.07) is 9.67. The molecule has 0 aromatic heterocycles. The lowest BCUT2D eigenvalue weighted by atomic mass is 10.0. The number of benzene rings is 1. The standard InChI is InChI=1S/C16H26N2/c1-12(2)15-5-7-16(8-6-15)18-10-13(3)9-17-14(4)11-18/h5-8,12-14,17H,9-11H2,1-4H3. The van der Waals surface area contributed by atoms with Crippen LogP contribution in [0.2, 0.25) is 0 Å². The SMILES string of the molecule is CC1CNC(C)CN(c2ccc(C(C)C)cc2)C1. The van der Waals surface area contributed by atoms with Gasteiger partial charge in [-0.25, -0.2) is 0 Å². The molecule has 1 heterocycles. The van der Waals surface area contributed by atoms with Crippen molar-refractivity contribution in [2.24, 2.45) is 5.92 Å². The summed E-state index contributed by atoms with van der Waals surface area (Å²) in [5, 5.41) is 3.58. The van der Waals surface area contributed by atoms with Gasteiger partial charge in [0.15, 0.2) is 0 Å². The first-order valence-corrected chi connectivity index (χ1v) is 7.14. The summed E-state index contributed by atoms with van der Waals surface area (Å²) in [5.41, 5.74) is 2.79.